The molecule has 0 radical (unpaired) electrons. The lowest BCUT2D eigenvalue weighted by Gasteiger charge is -2.56. The predicted octanol–water partition coefficient (Wildman–Crippen LogP) is 6.34. The van der Waals surface area contributed by atoms with Crippen LogP contribution in [0.4, 0.5) is 0 Å². The molecule has 1 aromatic rings. The molecular weight excluding hydrogens is 395 g/mol. The standard InChI is InChI=1S/C20H23Cl3O3/c1-11(26-18-10-16(22)15(21)9-17(18)23)19(24)25-7-6-12-4-5-13-8-14(12)20(13,2)3/h4,9-11,13-14H,5-8H2,1-3H3/t11-,13+,14-/m0/s1. The maximum Gasteiger partial charge on any atom is 0.347 e. The van der Waals surface area contributed by atoms with Crippen molar-refractivity contribution in [2.45, 2.75) is 46.1 Å². The van der Waals surface area contributed by atoms with Crippen LogP contribution >= 0.6 is 34.8 Å². The molecule has 2 bridgehead atoms. The third kappa shape index (κ3) is 3.85. The van der Waals surface area contributed by atoms with Crippen molar-refractivity contribution in [3.8, 4) is 5.75 Å². The lowest BCUT2D eigenvalue weighted by molar-refractivity contribution is -0.151. The number of halogens is 3. The minimum absolute atomic E-state index is 0.299. The summed E-state index contributed by atoms with van der Waals surface area (Å²) in [6.45, 7) is 6.66. The van der Waals surface area contributed by atoms with Crippen LogP contribution in [0.2, 0.25) is 15.1 Å². The zero-order valence-corrected chi connectivity index (χ0v) is 17.4. The summed E-state index contributed by atoms with van der Waals surface area (Å²) in [5.74, 6) is 1.32. The Morgan fingerprint density at radius 3 is 2.58 bits per heavy atom. The first-order valence-corrected chi connectivity index (χ1v) is 10.00. The van der Waals surface area contributed by atoms with Crippen molar-refractivity contribution in [1.29, 1.82) is 0 Å². The first-order valence-electron chi connectivity index (χ1n) is 8.87. The molecule has 0 amide bonds. The average molecular weight is 418 g/mol. The van der Waals surface area contributed by atoms with E-state index >= 15 is 0 Å². The van der Waals surface area contributed by atoms with E-state index in [1.54, 1.807) is 6.92 Å². The Kier molecular flexibility index (Phi) is 5.81. The zero-order valence-electron chi connectivity index (χ0n) is 15.2. The van der Waals surface area contributed by atoms with Crippen molar-refractivity contribution < 1.29 is 14.3 Å². The first kappa shape index (κ1) is 19.9. The molecule has 0 unspecified atom stereocenters. The number of allylic oxidation sites excluding steroid dienone is 1. The van der Waals surface area contributed by atoms with Crippen LogP contribution in [0.3, 0.4) is 0 Å². The van der Waals surface area contributed by atoms with E-state index in [4.69, 9.17) is 44.3 Å². The average Bonchev–Trinajstić information content (AvgIpc) is 2.59. The van der Waals surface area contributed by atoms with Crippen LogP contribution in [-0.4, -0.2) is 18.7 Å². The van der Waals surface area contributed by atoms with Crippen LogP contribution in [0.5, 0.6) is 5.75 Å². The third-order valence-electron chi connectivity index (χ3n) is 5.83. The number of benzene rings is 1. The van der Waals surface area contributed by atoms with Gasteiger partial charge in [-0.15, -0.1) is 0 Å². The van der Waals surface area contributed by atoms with E-state index in [0.717, 1.165) is 18.8 Å². The molecule has 4 rings (SSSR count). The largest absolute Gasteiger partial charge is 0.477 e. The number of carbonyl (C=O) groups excluding carboxylic acids is 1. The summed E-state index contributed by atoms with van der Waals surface area (Å²) >= 11 is 17.9. The van der Waals surface area contributed by atoms with E-state index in [0.29, 0.717) is 38.8 Å². The molecule has 0 N–H and O–H groups in total. The number of esters is 1. The Morgan fingerprint density at radius 2 is 1.92 bits per heavy atom. The second kappa shape index (κ2) is 7.61. The summed E-state index contributed by atoms with van der Waals surface area (Å²) < 4.78 is 11.0. The third-order valence-corrected chi connectivity index (χ3v) is 6.85. The fourth-order valence-corrected chi connectivity index (χ4v) is 4.56. The molecule has 1 saturated carbocycles. The summed E-state index contributed by atoms with van der Waals surface area (Å²) in [6.07, 6.45) is 4.74. The number of rotatable bonds is 6. The highest BCUT2D eigenvalue weighted by molar-refractivity contribution is 6.43. The summed E-state index contributed by atoms with van der Waals surface area (Å²) in [4.78, 5) is 12.2. The molecule has 1 aromatic carbocycles. The Hall–Kier alpha value is -0.900. The van der Waals surface area contributed by atoms with Gasteiger partial charge >= 0.3 is 5.97 Å². The van der Waals surface area contributed by atoms with E-state index in [-0.39, 0.29) is 0 Å². The maximum atomic E-state index is 12.2. The van der Waals surface area contributed by atoms with Gasteiger partial charge in [0.2, 0.25) is 0 Å². The molecule has 26 heavy (non-hydrogen) atoms. The van der Waals surface area contributed by atoms with Gasteiger partial charge in [-0.25, -0.2) is 4.79 Å². The van der Waals surface area contributed by atoms with E-state index in [1.807, 2.05) is 0 Å². The van der Waals surface area contributed by atoms with Crippen molar-refractivity contribution >= 4 is 40.8 Å². The summed E-state index contributed by atoms with van der Waals surface area (Å²) in [5.41, 5.74) is 1.81. The van der Waals surface area contributed by atoms with Gasteiger partial charge in [-0.05, 0) is 43.1 Å². The minimum atomic E-state index is -0.783. The van der Waals surface area contributed by atoms with Gasteiger partial charge in [0.1, 0.15) is 5.75 Å². The van der Waals surface area contributed by atoms with Crippen LogP contribution in [0.1, 0.15) is 40.0 Å². The van der Waals surface area contributed by atoms with Crippen LogP contribution < -0.4 is 4.74 Å². The van der Waals surface area contributed by atoms with Crippen molar-refractivity contribution in [2.75, 3.05) is 6.61 Å². The highest BCUT2D eigenvalue weighted by atomic mass is 35.5. The van der Waals surface area contributed by atoms with Gasteiger partial charge in [0, 0.05) is 12.5 Å². The maximum absolute atomic E-state index is 12.2. The van der Waals surface area contributed by atoms with E-state index in [2.05, 4.69) is 19.9 Å². The summed E-state index contributed by atoms with van der Waals surface area (Å²) in [5, 5.41) is 0.951. The van der Waals surface area contributed by atoms with E-state index in [9.17, 15) is 4.79 Å². The summed E-state index contributed by atoms with van der Waals surface area (Å²) in [6, 6.07) is 2.99. The number of ether oxygens (including phenoxy) is 2. The molecule has 0 aliphatic heterocycles. The Labute approximate surface area is 169 Å². The molecule has 6 heteroatoms. The minimum Gasteiger partial charge on any atom is -0.477 e. The number of fused-ring (bicyclic) bond motifs is 1. The van der Waals surface area contributed by atoms with E-state index < -0.39 is 12.1 Å². The molecule has 0 heterocycles. The fourth-order valence-electron chi connectivity index (χ4n) is 3.98. The number of hydrogen-bond acceptors (Lipinski definition) is 3. The molecular formula is C20H23Cl3O3. The normalized spacial score (nSPS) is 24.3. The van der Waals surface area contributed by atoms with Crippen molar-refractivity contribution in [3.63, 3.8) is 0 Å². The van der Waals surface area contributed by atoms with Gasteiger partial charge in [-0.3, -0.25) is 0 Å². The predicted molar refractivity (Wildman–Crippen MR) is 105 cm³/mol. The molecule has 3 aliphatic rings. The molecule has 0 saturated heterocycles. The molecule has 3 atom stereocenters. The quantitative estimate of drug-likeness (QED) is 0.308. The molecule has 0 spiro atoms. The highest BCUT2D eigenvalue weighted by Crippen LogP contribution is 2.59. The Morgan fingerprint density at radius 1 is 1.23 bits per heavy atom. The topological polar surface area (TPSA) is 35.5 Å². The lowest BCUT2D eigenvalue weighted by Crippen LogP contribution is -2.48. The van der Waals surface area contributed by atoms with Crippen LogP contribution in [-0.2, 0) is 9.53 Å². The van der Waals surface area contributed by atoms with Gasteiger partial charge in [0.05, 0.1) is 21.7 Å². The van der Waals surface area contributed by atoms with Gasteiger partial charge in [0.15, 0.2) is 6.10 Å². The van der Waals surface area contributed by atoms with Crippen molar-refractivity contribution in [1.82, 2.24) is 0 Å². The second-order valence-corrected chi connectivity index (χ2v) is 8.92. The fraction of sp³-hybridized carbons (Fsp3) is 0.550. The van der Waals surface area contributed by atoms with Crippen molar-refractivity contribution in [2.24, 2.45) is 17.3 Å². The summed E-state index contributed by atoms with van der Waals surface area (Å²) in [7, 11) is 0. The SMILES string of the molecule is C[C@H](Oc1cc(Cl)c(Cl)cc1Cl)C(=O)OCCC1=CC[C@@H]2C[C@@H]1C2(C)C. The smallest absolute Gasteiger partial charge is 0.347 e. The molecule has 3 nitrogen and oxygen atoms in total. The van der Waals surface area contributed by atoms with Crippen LogP contribution in [0.15, 0.2) is 23.8 Å². The van der Waals surface area contributed by atoms with Crippen molar-refractivity contribution in [3.05, 3.63) is 38.8 Å². The first-order chi connectivity index (χ1) is 12.2. The van der Waals surface area contributed by atoms with Gasteiger partial charge in [0.25, 0.3) is 0 Å². The number of carbonyl (C=O) groups is 1. The molecule has 0 aromatic heterocycles. The van der Waals surface area contributed by atoms with Gasteiger partial charge in [-0.1, -0.05) is 60.3 Å². The van der Waals surface area contributed by atoms with Gasteiger partial charge in [-0.2, -0.15) is 0 Å². The Bertz CT molecular complexity index is 742. The lowest BCUT2D eigenvalue weighted by atomic mass is 9.48. The van der Waals surface area contributed by atoms with Gasteiger partial charge < -0.3 is 9.47 Å². The molecule has 1 fully saturated rings. The Balaban J connectivity index is 1.49. The molecule has 142 valence electrons. The highest BCUT2D eigenvalue weighted by Gasteiger charge is 2.50. The van der Waals surface area contributed by atoms with Crippen LogP contribution in [0.25, 0.3) is 0 Å². The van der Waals surface area contributed by atoms with E-state index in [1.165, 1.54) is 24.1 Å². The van der Waals surface area contributed by atoms with Crippen LogP contribution in [0, 0.1) is 17.3 Å². The molecule has 3 aliphatic carbocycles. The number of hydrogen-bond donors (Lipinski definition) is 0. The zero-order chi connectivity index (χ0) is 19.1. The second-order valence-electron chi connectivity index (χ2n) is 7.70. The monoisotopic (exact) mass is 416 g/mol.